The molecule has 2 aromatic heterocycles. The van der Waals surface area contributed by atoms with Gasteiger partial charge in [0.15, 0.2) is 0 Å². The van der Waals surface area contributed by atoms with Crippen molar-refractivity contribution in [2.45, 2.75) is 69.6 Å². The van der Waals surface area contributed by atoms with Gasteiger partial charge in [0.1, 0.15) is 11.6 Å². The van der Waals surface area contributed by atoms with Gasteiger partial charge in [0.05, 0.1) is 22.3 Å². The number of hydrogen-bond donors (Lipinski definition) is 1. The molecule has 12 rings (SSSR count). The Morgan fingerprint density at radius 3 is 1.86 bits per heavy atom. The van der Waals surface area contributed by atoms with E-state index in [1.807, 2.05) is 54.7 Å². The molecular formula is C66H56N3OPt-. The molecule has 0 saturated heterocycles. The van der Waals surface area contributed by atoms with Gasteiger partial charge in [0.2, 0.25) is 0 Å². The fourth-order valence-electron chi connectivity index (χ4n) is 11.1. The summed E-state index contributed by atoms with van der Waals surface area (Å²) < 4.78 is 21.0. The molecule has 4 nitrogen and oxygen atoms in total. The van der Waals surface area contributed by atoms with Crippen molar-refractivity contribution in [3.05, 3.63) is 229 Å². The topological polar surface area (TPSA) is 50.9 Å². The van der Waals surface area contributed by atoms with Crippen LogP contribution >= 0.6 is 0 Å². The van der Waals surface area contributed by atoms with Crippen LogP contribution < -0.4 is 0 Å². The van der Waals surface area contributed by atoms with Crippen molar-refractivity contribution in [1.82, 2.24) is 14.5 Å². The van der Waals surface area contributed by atoms with Crippen LogP contribution in [0.1, 0.15) is 82.6 Å². The first-order valence-electron chi connectivity index (χ1n) is 26.0. The van der Waals surface area contributed by atoms with Crippen molar-refractivity contribution in [2.24, 2.45) is 5.92 Å². The van der Waals surface area contributed by atoms with E-state index in [9.17, 15) is 7.85 Å². The zero-order valence-corrected chi connectivity index (χ0v) is 41.9. The predicted octanol–water partition coefficient (Wildman–Crippen LogP) is 17.1. The van der Waals surface area contributed by atoms with Gasteiger partial charge >= 0.3 is 0 Å². The quantitative estimate of drug-likeness (QED) is 0.131. The van der Waals surface area contributed by atoms with Crippen molar-refractivity contribution in [3.63, 3.8) is 0 Å². The SMILES string of the molecule is [2H]C1(c2ccccc2)CCC([2H])(c2ccc(-c3ccnc(-c4[c-]c(-c5cccc6c5nc(-c5ccccc5O)n6-c5ccc(CC6CCCC6)cc5-c5ccccc5)cc(-c5ccccc5)c4)c3)cc2)CC1.[Pt]. The van der Waals surface area contributed by atoms with Crippen molar-refractivity contribution in [2.75, 3.05) is 0 Å². The first kappa shape index (κ1) is 43.9. The first-order valence-corrected chi connectivity index (χ1v) is 25.0. The van der Waals surface area contributed by atoms with Crippen LogP contribution in [0.5, 0.6) is 5.75 Å². The predicted molar refractivity (Wildman–Crippen MR) is 288 cm³/mol. The van der Waals surface area contributed by atoms with E-state index in [-0.39, 0.29) is 26.8 Å². The molecule has 1 N–H and O–H groups in total. The van der Waals surface area contributed by atoms with Crippen LogP contribution in [0.4, 0.5) is 0 Å². The summed E-state index contributed by atoms with van der Waals surface area (Å²) in [6, 6.07) is 72.9. The minimum absolute atomic E-state index is 0. The number of phenols is 1. The Morgan fingerprint density at radius 1 is 0.521 bits per heavy atom. The van der Waals surface area contributed by atoms with Crippen molar-refractivity contribution < 1.29 is 28.9 Å². The molecule has 0 spiro atoms. The largest absolute Gasteiger partial charge is 0.507 e. The van der Waals surface area contributed by atoms with Gasteiger partial charge in [-0.2, -0.15) is 0 Å². The third-order valence-corrected chi connectivity index (χ3v) is 14.8. The molecule has 8 aromatic carbocycles. The molecule has 0 radical (unpaired) electrons. The van der Waals surface area contributed by atoms with Gasteiger partial charge < -0.3 is 5.11 Å². The summed E-state index contributed by atoms with van der Waals surface area (Å²) >= 11 is 0. The molecule has 2 heterocycles. The summed E-state index contributed by atoms with van der Waals surface area (Å²) in [5, 5.41) is 11.5. The van der Waals surface area contributed by atoms with Crippen LogP contribution in [0.3, 0.4) is 0 Å². The molecule has 5 heteroatoms. The molecular weight excluding hydrogens is 1050 g/mol. The van der Waals surface area contributed by atoms with E-state index in [2.05, 4.69) is 156 Å². The zero-order valence-electron chi connectivity index (χ0n) is 41.7. The molecule has 0 unspecified atom stereocenters. The maximum Gasteiger partial charge on any atom is 0.148 e. The maximum atomic E-state index is 11.5. The zero-order chi connectivity index (χ0) is 48.7. The fourth-order valence-corrected chi connectivity index (χ4v) is 11.1. The van der Waals surface area contributed by atoms with Crippen LogP contribution in [-0.4, -0.2) is 19.6 Å². The molecule has 0 atom stereocenters. The molecule has 2 fully saturated rings. The fraction of sp³-hybridized carbons (Fsp3) is 0.182. The minimum atomic E-state index is -0.727. The number of aromatic hydroxyl groups is 1. The summed E-state index contributed by atoms with van der Waals surface area (Å²) in [6.07, 6.45) is 10.7. The maximum absolute atomic E-state index is 11.5. The number of fused-ring (bicyclic) bond motifs is 1. The second-order valence-corrected chi connectivity index (χ2v) is 19.2. The standard InChI is InChI=1S/C66H56N3O.Pt/c70-64-26-13-12-23-59(64)66-68-65-58(24-14-25-63(65)69(66)62-36-27-46(39-45-15-10-11-16-45)40-60(62)53-21-8-3-9-22-53)56-41-55(48-19-6-2-7-20-48)42-57(43-56)61-44-54(37-38-67-61)52-34-32-51(33-35-52)50-30-28-49(29-31-50)47-17-4-1-5-18-47;/h1-9,12-14,17-27,32-38,40-42,44-45,49-50,70H,10-11,15-16,28-31,39H2;/q-1;/i49D,50D;. The van der Waals surface area contributed by atoms with Crippen molar-refractivity contribution in [1.29, 1.82) is 0 Å². The van der Waals surface area contributed by atoms with Gasteiger partial charge in [0.25, 0.3) is 0 Å². The average molecular weight is 1100 g/mol. The van der Waals surface area contributed by atoms with Gasteiger partial charge in [-0.25, -0.2) is 4.98 Å². The Kier molecular flexibility index (Phi) is 12.8. The number of pyridine rings is 1. The summed E-state index contributed by atoms with van der Waals surface area (Å²) in [5.74, 6) is 0.163. The van der Waals surface area contributed by atoms with Gasteiger partial charge in [-0.1, -0.05) is 194 Å². The van der Waals surface area contributed by atoms with E-state index in [4.69, 9.17) is 9.97 Å². The summed E-state index contributed by atoms with van der Waals surface area (Å²) in [7, 11) is 0. The van der Waals surface area contributed by atoms with Crippen molar-refractivity contribution in [3.8, 4) is 78.6 Å². The molecule has 2 saturated carbocycles. The van der Waals surface area contributed by atoms with E-state index in [1.54, 1.807) is 6.07 Å². The molecule has 2 aliphatic rings. The van der Waals surface area contributed by atoms with Crippen LogP contribution in [-0.2, 0) is 27.5 Å². The van der Waals surface area contributed by atoms with Crippen molar-refractivity contribution >= 4 is 11.0 Å². The Labute approximate surface area is 435 Å². The van der Waals surface area contributed by atoms with Gasteiger partial charge in [0, 0.05) is 41.3 Å². The first-order chi connectivity index (χ1) is 35.3. The number of rotatable bonds is 11. The number of aromatic nitrogens is 3. The van der Waals surface area contributed by atoms with Crippen LogP contribution in [0.15, 0.2) is 206 Å². The number of benzene rings is 8. The number of para-hydroxylation sites is 2. The molecule has 352 valence electrons. The van der Waals surface area contributed by atoms with E-state index in [0.717, 1.165) is 90.0 Å². The Morgan fingerprint density at radius 2 is 1.14 bits per heavy atom. The van der Waals surface area contributed by atoms with Gasteiger partial charge in [-0.15, -0.1) is 23.8 Å². The van der Waals surface area contributed by atoms with Crippen LogP contribution in [0.2, 0.25) is 0 Å². The van der Waals surface area contributed by atoms with Crippen LogP contribution in [0, 0.1) is 12.0 Å². The summed E-state index contributed by atoms with van der Waals surface area (Å²) in [5.41, 5.74) is 16.7. The molecule has 0 bridgehead atoms. The minimum Gasteiger partial charge on any atom is -0.507 e. The van der Waals surface area contributed by atoms with E-state index < -0.39 is 11.8 Å². The summed E-state index contributed by atoms with van der Waals surface area (Å²) in [6.45, 7) is 0. The van der Waals surface area contributed by atoms with Gasteiger partial charge in [-0.3, -0.25) is 9.55 Å². The van der Waals surface area contributed by atoms with E-state index >= 15 is 0 Å². The molecule has 0 aliphatic heterocycles. The molecule has 71 heavy (non-hydrogen) atoms. The van der Waals surface area contributed by atoms with Gasteiger partial charge in [-0.05, 0) is 125 Å². The van der Waals surface area contributed by atoms with E-state index in [0.29, 0.717) is 43.0 Å². The Bertz CT molecular complexity index is 3550. The smallest absolute Gasteiger partial charge is 0.148 e. The summed E-state index contributed by atoms with van der Waals surface area (Å²) in [4.78, 5) is 10.5. The Balaban J connectivity index is 0.00000574. The molecule has 0 amide bonds. The van der Waals surface area contributed by atoms with E-state index in [1.165, 1.54) is 31.2 Å². The average Bonchev–Trinajstić information content (AvgIpc) is 4.11. The number of phenolic OH excluding ortho intramolecular Hbond substituents is 1. The monoisotopic (exact) mass is 1100 g/mol. The second kappa shape index (κ2) is 20.7. The second-order valence-electron chi connectivity index (χ2n) is 19.2. The normalized spacial score (nSPS) is 18.4. The third-order valence-electron chi connectivity index (χ3n) is 14.8. The molecule has 2 aliphatic carbocycles. The number of imidazole rings is 1. The number of hydrogen-bond acceptors (Lipinski definition) is 3. The third kappa shape index (κ3) is 9.59. The van der Waals surface area contributed by atoms with Crippen LogP contribution in [0.25, 0.3) is 83.9 Å². The molecule has 10 aromatic rings. The Hall–Kier alpha value is -7.13. The number of nitrogens with zero attached hydrogens (tertiary/aromatic N) is 3.